The van der Waals surface area contributed by atoms with Crippen molar-refractivity contribution in [2.75, 3.05) is 0 Å². The second kappa shape index (κ2) is 8.18. The smallest absolute Gasteiger partial charge is 0.331 e. The average molecular weight is 441 g/mol. The zero-order chi connectivity index (χ0) is 21.3. The van der Waals surface area contributed by atoms with E-state index in [4.69, 9.17) is 27.6 Å². The number of nitrogens with zero attached hydrogens (tertiary/aromatic N) is 1. The lowest BCUT2D eigenvalue weighted by Gasteiger charge is -2.26. The van der Waals surface area contributed by atoms with Crippen LogP contribution >= 0.6 is 23.2 Å². The molecule has 0 saturated carbocycles. The van der Waals surface area contributed by atoms with E-state index in [9.17, 15) is 14.4 Å². The van der Waals surface area contributed by atoms with Gasteiger partial charge in [0.2, 0.25) is 0 Å². The highest BCUT2D eigenvalue weighted by Gasteiger charge is 2.36. The zero-order valence-corrected chi connectivity index (χ0v) is 16.9. The van der Waals surface area contributed by atoms with E-state index in [1.807, 2.05) is 0 Å². The number of carbonyl (C=O) groups excluding carboxylic acids is 3. The highest BCUT2D eigenvalue weighted by atomic mass is 35.5. The Kier molecular flexibility index (Phi) is 5.44. The summed E-state index contributed by atoms with van der Waals surface area (Å²) >= 11 is 12.0. The normalized spacial score (nSPS) is 15.6. The molecule has 4 amide bonds. The minimum Gasteiger partial charge on any atom is -0.457 e. The van der Waals surface area contributed by atoms with Gasteiger partial charge < -0.3 is 4.42 Å². The molecule has 0 aliphatic carbocycles. The minimum atomic E-state index is -0.802. The van der Waals surface area contributed by atoms with E-state index >= 15 is 0 Å². The molecular weight excluding hydrogens is 427 g/mol. The Morgan fingerprint density at radius 1 is 0.933 bits per heavy atom. The standard InChI is InChI=1S/C22H14Cl2N2O4/c23-15-7-5-13(6-8-15)19-10-9-16(30-19)11-17-20(27)25-22(29)26(21(17)28)12-14-3-1-2-4-18(14)24/h1-11H,12H2,(H,25,27,29). The van der Waals surface area contributed by atoms with Crippen molar-refractivity contribution in [3.8, 4) is 11.3 Å². The number of imide groups is 2. The van der Waals surface area contributed by atoms with Crippen LogP contribution in [0, 0.1) is 0 Å². The fraction of sp³-hybridized carbons (Fsp3) is 0.0455. The molecule has 1 saturated heterocycles. The van der Waals surface area contributed by atoms with E-state index in [-0.39, 0.29) is 12.1 Å². The third-order valence-electron chi connectivity index (χ3n) is 4.51. The van der Waals surface area contributed by atoms with E-state index in [0.717, 1.165) is 10.5 Å². The van der Waals surface area contributed by atoms with Gasteiger partial charge in [-0.05, 0) is 54.1 Å². The number of benzene rings is 2. The van der Waals surface area contributed by atoms with Gasteiger partial charge in [0.1, 0.15) is 17.1 Å². The minimum absolute atomic E-state index is 0.0663. The molecule has 1 aliphatic heterocycles. The molecule has 150 valence electrons. The third-order valence-corrected chi connectivity index (χ3v) is 5.13. The first-order chi connectivity index (χ1) is 14.4. The Morgan fingerprint density at radius 3 is 2.40 bits per heavy atom. The molecule has 0 radical (unpaired) electrons. The number of halogens is 2. The maximum atomic E-state index is 12.9. The van der Waals surface area contributed by atoms with Gasteiger partial charge in [0.05, 0.1) is 6.54 Å². The molecule has 6 nitrogen and oxygen atoms in total. The van der Waals surface area contributed by atoms with Gasteiger partial charge in [-0.1, -0.05) is 41.4 Å². The van der Waals surface area contributed by atoms with Crippen molar-refractivity contribution in [1.82, 2.24) is 10.2 Å². The molecule has 2 heterocycles. The molecule has 4 rings (SSSR count). The van der Waals surface area contributed by atoms with Crippen LogP contribution in [0.5, 0.6) is 0 Å². The van der Waals surface area contributed by atoms with Crippen LogP contribution in [-0.2, 0) is 16.1 Å². The summed E-state index contributed by atoms with van der Waals surface area (Å²) in [6.07, 6.45) is 1.31. The van der Waals surface area contributed by atoms with Gasteiger partial charge in [-0.15, -0.1) is 0 Å². The van der Waals surface area contributed by atoms with Crippen molar-refractivity contribution in [3.05, 3.63) is 87.6 Å². The second-order valence-electron chi connectivity index (χ2n) is 6.51. The van der Waals surface area contributed by atoms with Gasteiger partial charge >= 0.3 is 6.03 Å². The molecule has 2 aromatic carbocycles. The summed E-state index contributed by atoms with van der Waals surface area (Å²) in [6, 6.07) is 16.4. The molecular formula is C22H14Cl2N2O4. The number of amides is 4. The Balaban J connectivity index is 1.61. The van der Waals surface area contributed by atoms with Crippen molar-refractivity contribution >= 4 is 47.1 Å². The van der Waals surface area contributed by atoms with Gasteiger partial charge in [0.25, 0.3) is 11.8 Å². The molecule has 0 atom stereocenters. The first kappa shape index (κ1) is 19.9. The maximum absolute atomic E-state index is 12.9. The number of furan rings is 1. The predicted octanol–water partition coefficient (Wildman–Crippen LogP) is 4.92. The molecule has 1 N–H and O–H groups in total. The van der Waals surface area contributed by atoms with E-state index < -0.39 is 17.8 Å². The molecule has 0 spiro atoms. The van der Waals surface area contributed by atoms with E-state index in [1.165, 1.54) is 6.08 Å². The SMILES string of the molecule is O=C1NC(=O)N(Cc2ccccc2Cl)C(=O)C1=Cc1ccc(-c2ccc(Cl)cc2)o1. The summed E-state index contributed by atoms with van der Waals surface area (Å²) in [6.45, 7) is -0.0663. The number of barbiturate groups is 1. The Morgan fingerprint density at radius 2 is 1.67 bits per heavy atom. The van der Waals surface area contributed by atoms with Crippen molar-refractivity contribution in [2.45, 2.75) is 6.54 Å². The maximum Gasteiger partial charge on any atom is 0.331 e. The number of hydrogen-bond donors (Lipinski definition) is 1. The number of hydrogen-bond acceptors (Lipinski definition) is 4. The third kappa shape index (κ3) is 4.01. The predicted molar refractivity (Wildman–Crippen MR) is 113 cm³/mol. The Labute approximate surface area is 181 Å². The first-order valence-corrected chi connectivity index (χ1v) is 9.66. The summed E-state index contributed by atoms with van der Waals surface area (Å²) < 4.78 is 5.73. The van der Waals surface area contributed by atoms with Gasteiger partial charge in [-0.3, -0.25) is 19.8 Å². The average Bonchev–Trinajstić information content (AvgIpc) is 3.19. The summed E-state index contributed by atoms with van der Waals surface area (Å²) in [5, 5.41) is 3.19. The molecule has 0 bridgehead atoms. The van der Waals surface area contributed by atoms with Gasteiger partial charge in [0, 0.05) is 15.6 Å². The van der Waals surface area contributed by atoms with E-state index in [2.05, 4.69) is 5.32 Å². The Bertz CT molecular complexity index is 1180. The summed E-state index contributed by atoms with van der Waals surface area (Å²) in [4.78, 5) is 38.3. The highest BCUT2D eigenvalue weighted by Crippen LogP contribution is 2.26. The molecule has 1 fully saturated rings. The summed E-state index contributed by atoms with van der Waals surface area (Å²) in [5.41, 5.74) is 1.16. The monoisotopic (exact) mass is 440 g/mol. The Hall–Kier alpha value is -3.35. The van der Waals surface area contributed by atoms with Crippen LogP contribution in [0.4, 0.5) is 4.79 Å². The fourth-order valence-electron chi connectivity index (χ4n) is 2.98. The van der Waals surface area contributed by atoms with Crippen LogP contribution in [0.2, 0.25) is 10.0 Å². The van der Waals surface area contributed by atoms with Gasteiger partial charge in [-0.2, -0.15) is 0 Å². The molecule has 1 aliphatic rings. The fourth-order valence-corrected chi connectivity index (χ4v) is 3.30. The lowest BCUT2D eigenvalue weighted by molar-refractivity contribution is -0.130. The van der Waals surface area contributed by atoms with Crippen LogP contribution in [0.25, 0.3) is 17.4 Å². The molecule has 0 unspecified atom stereocenters. The molecule has 8 heteroatoms. The first-order valence-electron chi connectivity index (χ1n) is 8.90. The van der Waals surface area contributed by atoms with Crippen molar-refractivity contribution < 1.29 is 18.8 Å². The van der Waals surface area contributed by atoms with E-state index in [0.29, 0.717) is 27.1 Å². The molecule has 1 aromatic heterocycles. The number of rotatable bonds is 4. The summed E-state index contributed by atoms with van der Waals surface area (Å²) in [7, 11) is 0. The van der Waals surface area contributed by atoms with E-state index in [1.54, 1.807) is 60.7 Å². The van der Waals surface area contributed by atoms with Crippen LogP contribution in [0.15, 0.2) is 70.7 Å². The lowest BCUT2D eigenvalue weighted by atomic mass is 10.1. The second-order valence-corrected chi connectivity index (χ2v) is 7.35. The highest BCUT2D eigenvalue weighted by molar-refractivity contribution is 6.32. The van der Waals surface area contributed by atoms with Crippen LogP contribution in [0.3, 0.4) is 0 Å². The van der Waals surface area contributed by atoms with Crippen LogP contribution in [-0.4, -0.2) is 22.7 Å². The zero-order valence-electron chi connectivity index (χ0n) is 15.4. The number of nitrogens with one attached hydrogen (secondary N) is 1. The lowest BCUT2D eigenvalue weighted by Crippen LogP contribution is -2.53. The molecule has 3 aromatic rings. The van der Waals surface area contributed by atoms with Crippen LogP contribution in [0.1, 0.15) is 11.3 Å². The van der Waals surface area contributed by atoms with Gasteiger partial charge in [0.15, 0.2) is 0 Å². The van der Waals surface area contributed by atoms with Crippen molar-refractivity contribution in [1.29, 1.82) is 0 Å². The molecule has 30 heavy (non-hydrogen) atoms. The van der Waals surface area contributed by atoms with Crippen molar-refractivity contribution in [3.63, 3.8) is 0 Å². The van der Waals surface area contributed by atoms with Crippen molar-refractivity contribution in [2.24, 2.45) is 0 Å². The topological polar surface area (TPSA) is 79.6 Å². The quantitative estimate of drug-likeness (QED) is 0.461. The van der Waals surface area contributed by atoms with Crippen LogP contribution < -0.4 is 5.32 Å². The number of urea groups is 1. The largest absolute Gasteiger partial charge is 0.457 e. The summed E-state index contributed by atoms with van der Waals surface area (Å²) in [5.74, 6) is -0.672. The van der Waals surface area contributed by atoms with Gasteiger partial charge in [-0.25, -0.2) is 4.79 Å². The number of carbonyl (C=O) groups is 3.